The minimum absolute atomic E-state index is 0.125. The zero-order valence-corrected chi connectivity index (χ0v) is 12.4. The van der Waals surface area contributed by atoms with E-state index < -0.39 is 0 Å². The molecule has 2 N–H and O–H groups in total. The topological polar surface area (TPSA) is 38.9 Å². The predicted octanol–water partition coefficient (Wildman–Crippen LogP) is 5.60. The van der Waals surface area contributed by atoms with Crippen molar-refractivity contribution >= 4 is 63.8 Å². The number of hydrogen-bond acceptors (Lipinski definition) is 2. The fourth-order valence-corrected chi connectivity index (χ4v) is 2.77. The lowest BCUT2D eigenvalue weighted by Gasteiger charge is -2.12. The standard InChI is InChI=1S/C11H5Cl5N2/c12-7-6(4-1-2-5(17)18-3-4)8(13)10(15)11(16)9(7)14/h1-3H,(H2,17,18). The van der Waals surface area contributed by atoms with Crippen LogP contribution in [0.5, 0.6) is 0 Å². The van der Waals surface area contributed by atoms with Crippen LogP contribution in [0, 0.1) is 0 Å². The molecule has 0 bridgehead atoms. The molecule has 0 atom stereocenters. The minimum Gasteiger partial charge on any atom is -0.384 e. The van der Waals surface area contributed by atoms with Gasteiger partial charge in [-0.1, -0.05) is 58.0 Å². The maximum atomic E-state index is 6.13. The Morgan fingerprint density at radius 2 is 1.28 bits per heavy atom. The van der Waals surface area contributed by atoms with E-state index >= 15 is 0 Å². The van der Waals surface area contributed by atoms with Crippen molar-refractivity contribution in [2.45, 2.75) is 0 Å². The largest absolute Gasteiger partial charge is 0.384 e. The second-order valence-electron chi connectivity index (χ2n) is 3.42. The summed E-state index contributed by atoms with van der Waals surface area (Å²) >= 11 is 30.1. The number of nitrogen functional groups attached to an aromatic ring is 1. The molecule has 94 valence electrons. The SMILES string of the molecule is Nc1ccc(-c2c(Cl)c(Cl)c(Cl)c(Cl)c2Cl)cn1. The number of halogens is 5. The van der Waals surface area contributed by atoms with Crippen molar-refractivity contribution in [2.75, 3.05) is 5.73 Å². The second-order valence-corrected chi connectivity index (χ2v) is 5.31. The van der Waals surface area contributed by atoms with Gasteiger partial charge in [-0.25, -0.2) is 4.98 Å². The highest BCUT2D eigenvalue weighted by molar-refractivity contribution is 6.56. The smallest absolute Gasteiger partial charge is 0.123 e. The zero-order valence-electron chi connectivity index (χ0n) is 8.65. The Kier molecular flexibility index (Phi) is 4.15. The molecule has 1 aromatic heterocycles. The lowest BCUT2D eigenvalue weighted by Crippen LogP contribution is -1.91. The maximum absolute atomic E-state index is 6.13. The maximum Gasteiger partial charge on any atom is 0.123 e. The van der Waals surface area contributed by atoms with Crippen molar-refractivity contribution in [1.29, 1.82) is 0 Å². The molecule has 2 nitrogen and oxygen atoms in total. The van der Waals surface area contributed by atoms with Gasteiger partial charge < -0.3 is 5.73 Å². The van der Waals surface area contributed by atoms with Crippen LogP contribution in [-0.4, -0.2) is 4.98 Å². The number of pyridine rings is 1. The molecule has 0 fully saturated rings. The quantitative estimate of drug-likeness (QED) is 0.541. The van der Waals surface area contributed by atoms with Gasteiger partial charge in [0.2, 0.25) is 0 Å². The molecule has 0 aliphatic heterocycles. The fourth-order valence-electron chi connectivity index (χ4n) is 1.41. The van der Waals surface area contributed by atoms with Crippen LogP contribution in [0.2, 0.25) is 25.1 Å². The van der Waals surface area contributed by atoms with Crippen LogP contribution in [0.1, 0.15) is 0 Å². The molecule has 0 saturated heterocycles. The third-order valence-corrected chi connectivity index (χ3v) is 4.56. The molecule has 18 heavy (non-hydrogen) atoms. The number of benzene rings is 1. The summed E-state index contributed by atoms with van der Waals surface area (Å²) in [5.41, 5.74) is 6.64. The second kappa shape index (κ2) is 5.32. The third-order valence-electron chi connectivity index (χ3n) is 2.28. The Morgan fingerprint density at radius 3 is 1.72 bits per heavy atom. The Balaban J connectivity index is 2.75. The number of hydrogen-bond donors (Lipinski definition) is 1. The lowest BCUT2D eigenvalue weighted by atomic mass is 10.1. The van der Waals surface area contributed by atoms with Gasteiger partial charge in [-0.15, -0.1) is 0 Å². The Hall–Kier alpha value is -0.380. The van der Waals surface area contributed by atoms with Gasteiger partial charge in [-0.3, -0.25) is 0 Å². The van der Waals surface area contributed by atoms with Gasteiger partial charge in [0.1, 0.15) is 5.82 Å². The summed E-state index contributed by atoms with van der Waals surface area (Å²) in [7, 11) is 0. The summed E-state index contributed by atoms with van der Waals surface area (Å²) in [5, 5.41) is 0.880. The highest BCUT2D eigenvalue weighted by Gasteiger charge is 2.20. The highest BCUT2D eigenvalue weighted by Crippen LogP contribution is 2.47. The minimum atomic E-state index is 0.125. The summed E-state index contributed by atoms with van der Waals surface area (Å²) in [6, 6.07) is 3.34. The van der Waals surface area contributed by atoms with Gasteiger partial charge in [-0.05, 0) is 12.1 Å². The summed E-state index contributed by atoms with van der Waals surface area (Å²) in [6.07, 6.45) is 1.53. The van der Waals surface area contributed by atoms with E-state index in [-0.39, 0.29) is 25.1 Å². The van der Waals surface area contributed by atoms with Crippen LogP contribution in [0.4, 0.5) is 5.82 Å². The van der Waals surface area contributed by atoms with E-state index in [1.807, 2.05) is 0 Å². The molecule has 0 amide bonds. The van der Waals surface area contributed by atoms with Gasteiger partial charge in [0.05, 0.1) is 25.1 Å². The average molecular weight is 342 g/mol. The van der Waals surface area contributed by atoms with Crippen LogP contribution in [0.15, 0.2) is 18.3 Å². The summed E-state index contributed by atoms with van der Waals surface area (Å²) in [4.78, 5) is 3.96. The molecule has 0 spiro atoms. The summed E-state index contributed by atoms with van der Waals surface area (Å²) in [5.74, 6) is 0.386. The first kappa shape index (κ1) is 14.0. The van der Waals surface area contributed by atoms with Crippen molar-refractivity contribution in [2.24, 2.45) is 0 Å². The van der Waals surface area contributed by atoms with Crippen LogP contribution in [-0.2, 0) is 0 Å². The van der Waals surface area contributed by atoms with Crippen LogP contribution >= 0.6 is 58.0 Å². The van der Waals surface area contributed by atoms with Crippen molar-refractivity contribution < 1.29 is 0 Å². The van der Waals surface area contributed by atoms with Gasteiger partial charge in [0.15, 0.2) is 0 Å². The molecule has 0 aliphatic carbocycles. The number of anilines is 1. The average Bonchev–Trinajstić information content (AvgIpc) is 2.36. The lowest BCUT2D eigenvalue weighted by molar-refractivity contribution is 1.34. The Labute approximate surface area is 129 Å². The van der Waals surface area contributed by atoms with Gasteiger partial charge in [-0.2, -0.15) is 0 Å². The Bertz CT molecular complexity index is 581. The first-order valence-electron chi connectivity index (χ1n) is 4.66. The Morgan fingerprint density at radius 1 is 0.778 bits per heavy atom. The number of rotatable bonds is 1. The fraction of sp³-hybridized carbons (Fsp3) is 0. The molecular formula is C11H5Cl5N2. The number of nitrogens with zero attached hydrogens (tertiary/aromatic N) is 1. The van der Waals surface area contributed by atoms with E-state index in [0.717, 1.165) is 0 Å². The summed E-state index contributed by atoms with van der Waals surface area (Å²) in [6.45, 7) is 0. The highest BCUT2D eigenvalue weighted by atomic mass is 35.5. The molecular weight excluding hydrogens is 337 g/mol. The van der Waals surface area contributed by atoms with E-state index in [2.05, 4.69) is 4.98 Å². The zero-order chi connectivity index (χ0) is 13.4. The molecule has 0 radical (unpaired) electrons. The predicted molar refractivity (Wildman–Crippen MR) is 79.1 cm³/mol. The molecule has 0 unspecified atom stereocenters. The monoisotopic (exact) mass is 340 g/mol. The molecule has 2 rings (SSSR count). The first-order chi connectivity index (χ1) is 8.43. The number of nitrogens with two attached hydrogens (primary N) is 1. The number of aromatic nitrogens is 1. The third kappa shape index (κ3) is 2.36. The molecule has 2 aromatic rings. The van der Waals surface area contributed by atoms with E-state index in [1.165, 1.54) is 6.20 Å². The normalized spacial score (nSPS) is 10.7. The van der Waals surface area contributed by atoms with Crippen LogP contribution in [0.3, 0.4) is 0 Å². The summed E-state index contributed by atoms with van der Waals surface area (Å²) < 4.78 is 0. The van der Waals surface area contributed by atoms with E-state index in [9.17, 15) is 0 Å². The van der Waals surface area contributed by atoms with E-state index in [4.69, 9.17) is 63.7 Å². The van der Waals surface area contributed by atoms with Crippen LogP contribution < -0.4 is 5.73 Å². The molecule has 0 aliphatic rings. The van der Waals surface area contributed by atoms with Gasteiger partial charge >= 0.3 is 0 Å². The van der Waals surface area contributed by atoms with Gasteiger partial charge in [0, 0.05) is 17.3 Å². The van der Waals surface area contributed by atoms with E-state index in [0.29, 0.717) is 16.9 Å². The van der Waals surface area contributed by atoms with Crippen molar-refractivity contribution in [3.05, 3.63) is 43.4 Å². The van der Waals surface area contributed by atoms with Crippen molar-refractivity contribution in [3.8, 4) is 11.1 Å². The van der Waals surface area contributed by atoms with Gasteiger partial charge in [0.25, 0.3) is 0 Å². The molecule has 0 saturated carbocycles. The first-order valence-corrected chi connectivity index (χ1v) is 6.55. The van der Waals surface area contributed by atoms with Crippen molar-refractivity contribution in [3.63, 3.8) is 0 Å². The van der Waals surface area contributed by atoms with Crippen LogP contribution in [0.25, 0.3) is 11.1 Å². The molecule has 1 aromatic carbocycles. The van der Waals surface area contributed by atoms with Crippen molar-refractivity contribution in [1.82, 2.24) is 4.98 Å². The molecule has 1 heterocycles. The molecule has 7 heteroatoms. The van der Waals surface area contributed by atoms with E-state index in [1.54, 1.807) is 12.1 Å².